The zero-order chi connectivity index (χ0) is 33.5. The zero-order valence-electron chi connectivity index (χ0n) is 28.3. The molecule has 246 valence electrons. The Labute approximate surface area is 277 Å². The topological polar surface area (TPSA) is 75.3 Å². The lowest BCUT2D eigenvalue weighted by atomic mass is 9.85. The highest BCUT2D eigenvalue weighted by molar-refractivity contribution is 6.08. The molecule has 8 heteroatoms. The van der Waals surface area contributed by atoms with Gasteiger partial charge >= 0.3 is 0 Å². The number of anilines is 2. The summed E-state index contributed by atoms with van der Waals surface area (Å²) in [7, 11) is 0. The van der Waals surface area contributed by atoms with Gasteiger partial charge in [0.2, 0.25) is 0 Å². The van der Waals surface area contributed by atoms with Crippen LogP contribution in [0.3, 0.4) is 0 Å². The number of amides is 1. The summed E-state index contributed by atoms with van der Waals surface area (Å²) in [6, 6.07) is 20.9. The van der Waals surface area contributed by atoms with Gasteiger partial charge in [-0.25, -0.2) is 4.39 Å². The molecule has 0 radical (unpaired) electrons. The van der Waals surface area contributed by atoms with Gasteiger partial charge in [-0.1, -0.05) is 32.0 Å². The molecule has 0 aliphatic carbocycles. The van der Waals surface area contributed by atoms with Gasteiger partial charge in [0.15, 0.2) is 0 Å². The van der Waals surface area contributed by atoms with Crippen LogP contribution in [0.1, 0.15) is 68.9 Å². The predicted molar refractivity (Wildman–Crippen MR) is 189 cm³/mol. The van der Waals surface area contributed by atoms with Gasteiger partial charge in [-0.2, -0.15) is 5.10 Å². The van der Waals surface area contributed by atoms with Crippen LogP contribution in [0, 0.1) is 18.7 Å². The molecule has 47 heavy (non-hydrogen) atoms. The molecule has 3 aromatic carbocycles. The fourth-order valence-corrected chi connectivity index (χ4v) is 6.68. The summed E-state index contributed by atoms with van der Waals surface area (Å²) in [5.41, 5.74) is 6.64. The highest BCUT2D eigenvalue weighted by Gasteiger charge is 2.26. The summed E-state index contributed by atoms with van der Waals surface area (Å²) >= 11 is 0. The first-order chi connectivity index (χ1) is 22.3. The number of rotatable bonds is 8. The van der Waals surface area contributed by atoms with Crippen molar-refractivity contribution in [2.24, 2.45) is 5.92 Å². The van der Waals surface area contributed by atoms with Crippen molar-refractivity contribution in [2.45, 2.75) is 71.9 Å². The molecule has 2 N–H and O–H groups in total. The second-order valence-electron chi connectivity index (χ2n) is 14.7. The first kappa shape index (κ1) is 32.5. The SMILES string of the molecule is Cc1cn(CC2CCN(c3ccc(C(C)(C)CO)cc3)CC2)c2cc(NC(=O)c3cnn(C(C)(C)C)c3-c3ccc(F)cc3)ccc12. The van der Waals surface area contributed by atoms with E-state index < -0.39 is 0 Å². The van der Waals surface area contributed by atoms with Gasteiger partial charge in [0.05, 0.1) is 35.1 Å². The molecule has 0 spiro atoms. The molecule has 1 amide bonds. The molecule has 1 aliphatic rings. The van der Waals surface area contributed by atoms with Crippen molar-refractivity contribution in [1.82, 2.24) is 14.3 Å². The number of piperidine rings is 1. The van der Waals surface area contributed by atoms with E-state index in [2.05, 4.69) is 83.2 Å². The van der Waals surface area contributed by atoms with Crippen LogP contribution in [0.4, 0.5) is 15.8 Å². The summed E-state index contributed by atoms with van der Waals surface area (Å²) in [5.74, 6) is -0.0320. The number of aliphatic hydroxyl groups is 1. The summed E-state index contributed by atoms with van der Waals surface area (Å²) in [6.45, 7) is 15.4. The maximum absolute atomic E-state index is 13.8. The average Bonchev–Trinajstić information content (AvgIpc) is 3.64. The lowest BCUT2D eigenvalue weighted by Crippen LogP contribution is -2.35. The molecule has 6 rings (SSSR count). The summed E-state index contributed by atoms with van der Waals surface area (Å²) in [5, 5.41) is 18.6. The number of aromatic nitrogens is 3. The molecule has 1 fully saturated rings. The molecule has 0 unspecified atom stereocenters. The normalized spacial score (nSPS) is 14.6. The molecule has 7 nitrogen and oxygen atoms in total. The predicted octanol–water partition coefficient (Wildman–Crippen LogP) is 8.15. The van der Waals surface area contributed by atoms with Gasteiger partial charge in [0.1, 0.15) is 5.82 Å². The quantitative estimate of drug-likeness (QED) is 0.181. The molecule has 0 saturated carbocycles. The Balaban J connectivity index is 1.17. The third-order valence-corrected chi connectivity index (χ3v) is 9.58. The largest absolute Gasteiger partial charge is 0.395 e. The number of halogens is 1. The number of carbonyl (C=O) groups excluding carboxylic acids is 1. The van der Waals surface area contributed by atoms with Crippen LogP contribution < -0.4 is 10.2 Å². The van der Waals surface area contributed by atoms with Crippen molar-refractivity contribution in [3.05, 3.63) is 102 Å². The number of aryl methyl sites for hydroxylation is 1. The third-order valence-electron chi connectivity index (χ3n) is 9.58. The van der Waals surface area contributed by atoms with E-state index in [-0.39, 0.29) is 29.3 Å². The van der Waals surface area contributed by atoms with E-state index in [4.69, 9.17) is 0 Å². The lowest BCUT2D eigenvalue weighted by molar-refractivity contribution is 0.102. The van der Waals surface area contributed by atoms with E-state index in [1.807, 2.05) is 31.5 Å². The van der Waals surface area contributed by atoms with Crippen LogP contribution >= 0.6 is 0 Å². The van der Waals surface area contributed by atoms with E-state index in [1.165, 1.54) is 28.8 Å². The average molecular weight is 636 g/mol. The Morgan fingerprint density at radius 1 is 0.979 bits per heavy atom. The highest BCUT2D eigenvalue weighted by Crippen LogP contribution is 2.32. The van der Waals surface area contributed by atoms with Crippen LogP contribution in [0.2, 0.25) is 0 Å². The molecular weight excluding hydrogens is 589 g/mol. The zero-order valence-corrected chi connectivity index (χ0v) is 28.3. The minimum Gasteiger partial charge on any atom is -0.395 e. The van der Waals surface area contributed by atoms with Crippen LogP contribution in [0.15, 0.2) is 79.1 Å². The second kappa shape index (κ2) is 12.6. The van der Waals surface area contributed by atoms with E-state index in [0.717, 1.165) is 54.8 Å². The van der Waals surface area contributed by atoms with Gasteiger partial charge in [-0.3, -0.25) is 9.48 Å². The third kappa shape index (κ3) is 6.70. The minimum atomic E-state index is -0.377. The Morgan fingerprint density at radius 2 is 1.66 bits per heavy atom. The smallest absolute Gasteiger partial charge is 0.259 e. The Bertz CT molecular complexity index is 1870. The molecular formula is C39H46FN5O2. The number of hydrogen-bond donors (Lipinski definition) is 2. The number of benzene rings is 3. The number of hydrogen-bond acceptors (Lipinski definition) is 4. The molecule has 5 aromatic rings. The van der Waals surface area contributed by atoms with Crippen molar-refractivity contribution in [3.63, 3.8) is 0 Å². The Morgan fingerprint density at radius 3 is 2.30 bits per heavy atom. The minimum absolute atomic E-state index is 0.126. The van der Waals surface area contributed by atoms with Gasteiger partial charge in [0, 0.05) is 53.6 Å². The molecule has 3 heterocycles. The monoisotopic (exact) mass is 635 g/mol. The first-order valence-corrected chi connectivity index (χ1v) is 16.6. The maximum Gasteiger partial charge on any atom is 0.259 e. The number of aliphatic hydroxyl groups excluding tert-OH is 1. The standard InChI is InChI=1S/C39H46FN5O2/c1-26-23-44(24-27-17-19-43(20-18-27)32-14-9-29(10-15-32)39(5,6)25-46)35-21-31(13-16-33(26)35)42-37(47)34-22-41-45(38(2,3)4)36(34)28-7-11-30(40)12-8-28/h7-16,21-23,27,46H,17-20,24-25H2,1-6H3,(H,42,47). The second-order valence-corrected chi connectivity index (χ2v) is 14.7. The fourth-order valence-electron chi connectivity index (χ4n) is 6.68. The van der Waals surface area contributed by atoms with Crippen molar-refractivity contribution in [2.75, 3.05) is 29.9 Å². The first-order valence-electron chi connectivity index (χ1n) is 16.6. The number of nitrogens with one attached hydrogen (secondary N) is 1. The number of nitrogens with zero attached hydrogens (tertiary/aromatic N) is 4. The van der Waals surface area contributed by atoms with Gasteiger partial charge in [0.25, 0.3) is 5.91 Å². The molecule has 1 saturated heterocycles. The maximum atomic E-state index is 13.8. The highest BCUT2D eigenvalue weighted by atomic mass is 19.1. The van der Waals surface area contributed by atoms with Gasteiger partial charge < -0.3 is 19.9 Å². The molecule has 0 bridgehead atoms. The van der Waals surface area contributed by atoms with E-state index in [1.54, 1.807) is 18.3 Å². The van der Waals surface area contributed by atoms with Crippen molar-refractivity contribution < 1.29 is 14.3 Å². The molecule has 2 aromatic heterocycles. The van der Waals surface area contributed by atoms with E-state index >= 15 is 0 Å². The lowest BCUT2D eigenvalue weighted by Gasteiger charge is -2.34. The Kier molecular flexibility index (Phi) is 8.74. The summed E-state index contributed by atoms with van der Waals surface area (Å²) in [6.07, 6.45) is 6.03. The van der Waals surface area contributed by atoms with Crippen molar-refractivity contribution >= 4 is 28.2 Å². The van der Waals surface area contributed by atoms with Crippen LogP contribution in [-0.4, -0.2) is 45.1 Å². The van der Waals surface area contributed by atoms with Gasteiger partial charge in [-0.15, -0.1) is 0 Å². The summed E-state index contributed by atoms with van der Waals surface area (Å²) in [4.78, 5) is 16.2. The van der Waals surface area contributed by atoms with Crippen LogP contribution in [0.25, 0.3) is 22.2 Å². The van der Waals surface area contributed by atoms with Gasteiger partial charge in [-0.05, 0) is 106 Å². The van der Waals surface area contributed by atoms with E-state index in [9.17, 15) is 14.3 Å². The molecule has 1 aliphatic heterocycles. The van der Waals surface area contributed by atoms with Crippen LogP contribution in [-0.2, 0) is 17.5 Å². The van der Waals surface area contributed by atoms with Crippen molar-refractivity contribution in [1.29, 1.82) is 0 Å². The molecule has 0 atom stereocenters. The Hall–Kier alpha value is -4.43. The fraction of sp³-hybridized carbons (Fsp3) is 0.385. The van der Waals surface area contributed by atoms with E-state index in [0.29, 0.717) is 17.2 Å². The number of carbonyl (C=O) groups is 1. The van der Waals surface area contributed by atoms with Crippen molar-refractivity contribution in [3.8, 4) is 11.3 Å². The number of fused-ring (bicyclic) bond motifs is 1. The van der Waals surface area contributed by atoms with Crippen LogP contribution in [0.5, 0.6) is 0 Å². The summed E-state index contributed by atoms with van der Waals surface area (Å²) < 4.78 is 17.9.